The summed E-state index contributed by atoms with van der Waals surface area (Å²) in [6.07, 6.45) is 8.01. The maximum absolute atomic E-state index is 10.2. The molecule has 2 nitrogen and oxygen atoms in total. The van der Waals surface area contributed by atoms with Gasteiger partial charge in [-0.25, -0.2) is 0 Å². The van der Waals surface area contributed by atoms with Crippen molar-refractivity contribution in [2.45, 2.75) is 51.0 Å². The third-order valence-electron chi connectivity index (χ3n) is 2.87. The predicted molar refractivity (Wildman–Crippen MR) is 48.1 cm³/mol. The Morgan fingerprint density at radius 2 is 2.00 bits per heavy atom. The van der Waals surface area contributed by atoms with Gasteiger partial charge in [0.1, 0.15) is 12.9 Å². The van der Waals surface area contributed by atoms with E-state index in [4.69, 9.17) is 4.74 Å². The van der Waals surface area contributed by atoms with Crippen molar-refractivity contribution < 1.29 is 9.53 Å². The van der Waals surface area contributed by atoms with Crippen LogP contribution in [0, 0.1) is 0 Å². The van der Waals surface area contributed by atoms with Gasteiger partial charge in [0, 0.05) is 0 Å². The van der Waals surface area contributed by atoms with Crippen LogP contribution in [0.3, 0.4) is 0 Å². The first kappa shape index (κ1) is 9.72. The first-order chi connectivity index (χ1) is 5.83. The molecule has 0 N–H and O–H groups in total. The Bertz CT molecular complexity index is 137. The molecule has 1 aliphatic rings. The van der Waals surface area contributed by atoms with Gasteiger partial charge in [-0.2, -0.15) is 0 Å². The highest BCUT2D eigenvalue weighted by Gasteiger charge is 2.30. The van der Waals surface area contributed by atoms with Crippen molar-refractivity contribution in [1.82, 2.24) is 0 Å². The summed E-state index contributed by atoms with van der Waals surface area (Å²) in [6.45, 7) is 2.42. The average molecular weight is 170 g/mol. The molecule has 0 saturated heterocycles. The van der Waals surface area contributed by atoms with Crippen LogP contribution >= 0.6 is 0 Å². The van der Waals surface area contributed by atoms with Crippen molar-refractivity contribution in [2.75, 3.05) is 6.61 Å². The lowest BCUT2D eigenvalue weighted by molar-refractivity contribution is -0.123. The van der Waals surface area contributed by atoms with Crippen LogP contribution in [-0.2, 0) is 9.53 Å². The molecule has 0 amide bonds. The van der Waals surface area contributed by atoms with Crippen LogP contribution in [0.1, 0.15) is 45.4 Å². The second-order valence-corrected chi connectivity index (χ2v) is 3.57. The van der Waals surface area contributed by atoms with Crippen LogP contribution in [0.4, 0.5) is 0 Å². The molecule has 0 unspecified atom stereocenters. The molecule has 0 radical (unpaired) electrons. The van der Waals surface area contributed by atoms with Crippen molar-refractivity contribution in [3.63, 3.8) is 0 Å². The van der Waals surface area contributed by atoms with Gasteiger partial charge in [-0.05, 0) is 19.3 Å². The number of aldehydes is 1. The number of hydrogen-bond acceptors (Lipinski definition) is 2. The monoisotopic (exact) mass is 170 g/mol. The fraction of sp³-hybridized carbons (Fsp3) is 0.900. The Kier molecular flexibility index (Phi) is 3.73. The van der Waals surface area contributed by atoms with Crippen molar-refractivity contribution in [3.05, 3.63) is 0 Å². The van der Waals surface area contributed by atoms with E-state index in [2.05, 4.69) is 6.92 Å². The fourth-order valence-corrected chi connectivity index (χ4v) is 2.01. The zero-order valence-corrected chi connectivity index (χ0v) is 7.84. The fourth-order valence-electron chi connectivity index (χ4n) is 2.01. The van der Waals surface area contributed by atoms with Crippen LogP contribution in [-0.4, -0.2) is 18.5 Å². The van der Waals surface area contributed by atoms with E-state index < -0.39 is 0 Å². The summed E-state index contributed by atoms with van der Waals surface area (Å²) in [5.41, 5.74) is 0.0408. The molecule has 12 heavy (non-hydrogen) atoms. The molecule has 1 rings (SSSR count). The molecule has 0 bridgehead atoms. The van der Waals surface area contributed by atoms with E-state index in [9.17, 15) is 4.79 Å². The predicted octanol–water partition coefficient (Wildman–Crippen LogP) is 2.31. The van der Waals surface area contributed by atoms with Crippen LogP contribution in [0.2, 0.25) is 0 Å². The van der Waals surface area contributed by atoms with Gasteiger partial charge in [-0.15, -0.1) is 0 Å². The Morgan fingerprint density at radius 3 is 2.50 bits per heavy atom. The average Bonchev–Trinajstić information content (AvgIpc) is 2.16. The number of rotatable bonds is 4. The Balaban J connectivity index is 2.41. The van der Waals surface area contributed by atoms with Crippen LogP contribution < -0.4 is 0 Å². The quantitative estimate of drug-likeness (QED) is 0.605. The largest absolute Gasteiger partial charge is 0.368 e. The van der Waals surface area contributed by atoms with Gasteiger partial charge in [-0.1, -0.05) is 26.2 Å². The SMILES string of the molecule is CCC1(OCC=O)CCCCC1. The van der Waals surface area contributed by atoms with E-state index >= 15 is 0 Å². The molecule has 1 saturated carbocycles. The molecule has 1 fully saturated rings. The smallest absolute Gasteiger partial charge is 0.145 e. The third kappa shape index (κ3) is 2.31. The number of carbonyl (C=O) groups excluding carboxylic acids is 1. The summed E-state index contributed by atoms with van der Waals surface area (Å²) in [7, 11) is 0. The lowest BCUT2D eigenvalue weighted by Gasteiger charge is -2.35. The second kappa shape index (κ2) is 4.61. The van der Waals surface area contributed by atoms with Gasteiger partial charge in [0.25, 0.3) is 0 Å². The standard InChI is InChI=1S/C10H18O2/c1-2-10(12-9-8-11)6-4-3-5-7-10/h8H,2-7,9H2,1H3. The molecule has 1 aliphatic carbocycles. The van der Waals surface area contributed by atoms with Crippen molar-refractivity contribution in [1.29, 1.82) is 0 Å². The Morgan fingerprint density at radius 1 is 1.33 bits per heavy atom. The number of ether oxygens (including phenoxy) is 1. The Hall–Kier alpha value is -0.370. The van der Waals surface area contributed by atoms with Gasteiger partial charge in [-0.3, -0.25) is 0 Å². The lowest BCUT2D eigenvalue weighted by Crippen LogP contribution is -2.34. The highest BCUT2D eigenvalue weighted by molar-refractivity contribution is 5.50. The maximum atomic E-state index is 10.2. The minimum Gasteiger partial charge on any atom is -0.368 e. The highest BCUT2D eigenvalue weighted by atomic mass is 16.5. The maximum Gasteiger partial charge on any atom is 0.145 e. The molecular weight excluding hydrogens is 152 g/mol. The molecule has 0 aromatic carbocycles. The van der Waals surface area contributed by atoms with Gasteiger partial charge in [0.15, 0.2) is 0 Å². The van der Waals surface area contributed by atoms with Crippen LogP contribution in [0.5, 0.6) is 0 Å². The second-order valence-electron chi connectivity index (χ2n) is 3.57. The lowest BCUT2D eigenvalue weighted by atomic mass is 9.83. The molecule has 0 aromatic heterocycles. The normalized spacial score (nSPS) is 22.1. The molecule has 70 valence electrons. The first-order valence-corrected chi connectivity index (χ1v) is 4.90. The Labute approximate surface area is 74.3 Å². The summed E-state index contributed by atoms with van der Waals surface area (Å²) >= 11 is 0. The van der Waals surface area contributed by atoms with E-state index in [-0.39, 0.29) is 12.2 Å². The van der Waals surface area contributed by atoms with E-state index in [0.717, 1.165) is 25.5 Å². The van der Waals surface area contributed by atoms with E-state index in [1.165, 1.54) is 19.3 Å². The van der Waals surface area contributed by atoms with Gasteiger partial charge >= 0.3 is 0 Å². The molecule has 0 spiro atoms. The molecule has 0 atom stereocenters. The zero-order chi connectivity index (χ0) is 8.86. The van der Waals surface area contributed by atoms with E-state index in [1.807, 2.05) is 0 Å². The molecular formula is C10H18O2. The van der Waals surface area contributed by atoms with Gasteiger partial charge < -0.3 is 9.53 Å². The summed E-state index contributed by atoms with van der Waals surface area (Å²) in [6, 6.07) is 0. The summed E-state index contributed by atoms with van der Waals surface area (Å²) < 4.78 is 5.60. The minimum absolute atomic E-state index is 0.0408. The van der Waals surface area contributed by atoms with Crippen molar-refractivity contribution in [3.8, 4) is 0 Å². The minimum atomic E-state index is 0.0408. The van der Waals surface area contributed by atoms with E-state index in [0.29, 0.717) is 0 Å². The van der Waals surface area contributed by atoms with Crippen LogP contribution in [0.15, 0.2) is 0 Å². The van der Waals surface area contributed by atoms with E-state index in [1.54, 1.807) is 0 Å². The van der Waals surface area contributed by atoms with Crippen molar-refractivity contribution in [2.24, 2.45) is 0 Å². The molecule has 0 aliphatic heterocycles. The van der Waals surface area contributed by atoms with Crippen molar-refractivity contribution >= 4 is 6.29 Å². The number of carbonyl (C=O) groups is 1. The summed E-state index contributed by atoms with van der Waals surface area (Å²) in [5.74, 6) is 0. The molecule has 0 heterocycles. The van der Waals surface area contributed by atoms with Crippen LogP contribution in [0.25, 0.3) is 0 Å². The highest BCUT2D eigenvalue weighted by Crippen LogP contribution is 2.33. The molecule has 0 aromatic rings. The topological polar surface area (TPSA) is 26.3 Å². The third-order valence-corrected chi connectivity index (χ3v) is 2.87. The molecule has 2 heteroatoms. The summed E-state index contributed by atoms with van der Waals surface area (Å²) in [4.78, 5) is 10.2. The summed E-state index contributed by atoms with van der Waals surface area (Å²) in [5, 5.41) is 0. The first-order valence-electron chi connectivity index (χ1n) is 4.90. The van der Waals surface area contributed by atoms with Gasteiger partial charge in [0.2, 0.25) is 0 Å². The zero-order valence-electron chi connectivity index (χ0n) is 7.84. The number of hydrogen-bond donors (Lipinski definition) is 0. The van der Waals surface area contributed by atoms with Gasteiger partial charge in [0.05, 0.1) is 5.60 Å².